The van der Waals surface area contributed by atoms with Crippen LogP contribution in [0.25, 0.3) is 5.65 Å². The maximum Gasteiger partial charge on any atom is 0.401 e. The second-order valence-electron chi connectivity index (χ2n) is 7.29. The molecule has 0 bridgehead atoms. The van der Waals surface area contributed by atoms with E-state index in [1.165, 1.54) is 4.90 Å². The van der Waals surface area contributed by atoms with E-state index in [1.807, 2.05) is 35.7 Å². The molecule has 0 spiro atoms. The molecule has 1 aliphatic heterocycles. The monoisotopic (exact) mass is 539 g/mol. The quantitative estimate of drug-likeness (QED) is 0.322. The number of rotatable bonds is 7. The van der Waals surface area contributed by atoms with Crippen LogP contribution in [0.1, 0.15) is 32.0 Å². The summed E-state index contributed by atoms with van der Waals surface area (Å²) < 4.78 is 39.3. The van der Waals surface area contributed by atoms with E-state index in [0.717, 1.165) is 43.8 Å². The van der Waals surface area contributed by atoms with Crippen molar-refractivity contribution < 1.29 is 13.2 Å². The summed E-state index contributed by atoms with van der Waals surface area (Å²) in [7, 11) is 0. The third kappa shape index (κ3) is 7.56. The molecule has 0 atom stereocenters. The molecule has 3 heterocycles. The van der Waals surface area contributed by atoms with Crippen molar-refractivity contribution in [3.63, 3.8) is 0 Å². The molecule has 0 saturated carbocycles. The highest BCUT2D eigenvalue weighted by Gasteiger charge is 2.32. The minimum absolute atomic E-state index is 0. The van der Waals surface area contributed by atoms with Crippen molar-refractivity contribution in [2.24, 2.45) is 10.9 Å². The maximum atomic E-state index is 12.5. The zero-order valence-corrected chi connectivity index (χ0v) is 19.4. The predicted octanol–water partition coefficient (Wildman–Crippen LogP) is 3.07. The molecule has 1 aliphatic rings. The number of aromatic nitrogens is 3. The van der Waals surface area contributed by atoms with Crippen molar-refractivity contribution in [3.05, 3.63) is 30.2 Å². The van der Waals surface area contributed by atoms with E-state index in [2.05, 4.69) is 25.8 Å². The number of guanidine groups is 1. The molecule has 11 heteroatoms. The van der Waals surface area contributed by atoms with Crippen molar-refractivity contribution in [1.29, 1.82) is 0 Å². The predicted molar refractivity (Wildman–Crippen MR) is 121 cm³/mol. The smallest absolute Gasteiger partial charge is 0.357 e. The molecule has 168 valence electrons. The van der Waals surface area contributed by atoms with Gasteiger partial charge >= 0.3 is 6.18 Å². The van der Waals surface area contributed by atoms with Crippen LogP contribution in [0.5, 0.6) is 0 Å². The van der Waals surface area contributed by atoms with Crippen LogP contribution < -0.4 is 10.6 Å². The number of pyridine rings is 1. The van der Waals surface area contributed by atoms with E-state index in [4.69, 9.17) is 0 Å². The summed E-state index contributed by atoms with van der Waals surface area (Å²) in [5.74, 6) is 1.90. The van der Waals surface area contributed by atoms with Gasteiger partial charge in [-0.2, -0.15) is 13.2 Å². The number of fused-ring (bicyclic) bond motifs is 1. The average molecular weight is 539 g/mol. The average Bonchev–Trinajstić information content (AvgIpc) is 3.09. The molecule has 1 saturated heterocycles. The largest absolute Gasteiger partial charge is 0.401 e. The Morgan fingerprint density at radius 2 is 1.97 bits per heavy atom. The van der Waals surface area contributed by atoms with Crippen LogP contribution in [0.4, 0.5) is 13.2 Å². The lowest BCUT2D eigenvalue weighted by Crippen LogP contribution is -2.41. The van der Waals surface area contributed by atoms with Crippen LogP contribution in [-0.4, -0.2) is 64.4 Å². The van der Waals surface area contributed by atoms with Gasteiger partial charge in [0.1, 0.15) is 6.54 Å². The number of hydrogen-bond donors (Lipinski definition) is 2. The molecule has 7 nitrogen and oxygen atoms in total. The van der Waals surface area contributed by atoms with Gasteiger partial charge in [-0.25, -0.2) is 4.99 Å². The number of halogens is 4. The molecule has 3 rings (SSSR count). The minimum Gasteiger partial charge on any atom is -0.357 e. The van der Waals surface area contributed by atoms with Gasteiger partial charge in [-0.15, -0.1) is 34.2 Å². The van der Waals surface area contributed by atoms with Crippen LogP contribution in [-0.2, 0) is 6.54 Å². The number of piperidine rings is 1. The fraction of sp³-hybridized carbons (Fsp3) is 0.632. The van der Waals surface area contributed by atoms with Crippen LogP contribution in [0.3, 0.4) is 0 Å². The first kappa shape index (κ1) is 24.6. The molecule has 2 aromatic heterocycles. The lowest BCUT2D eigenvalue weighted by Gasteiger charge is -2.32. The van der Waals surface area contributed by atoms with Crippen molar-refractivity contribution >= 4 is 35.6 Å². The summed E-state index contributed by atoms with van der Waals surface area (Å²) in [5.41, 5.74) is 0.785. The minimum atomic E-state index is -4.11. The van der Waals surface area contributed by atoms with Crippen molar-refractivity contribution in [2.75, 3.05) is 32.7 Å². The Kier molecular flexibility index (Phi) is 9.59. The van der Waals surface area contributed by atoms with Crippen LogP contribution in [0, 0.1) is 5.92 Å². The Labute approximate surface area is 191 Å². The van der Waals surface area contributed by atoms with Crippen LogP contribution in [0.2, 0.25) is 0 Å². The molecule has 0 aliphatic carbocycles. The molecule has 1 fully saturated rings. The summed E-state index contributed by atoms with van der Waals surface area (Å²) >= 11 is 0. The molecular weight excluding hydrogens is 510 g/mol. The summed E-state index contributed by atoms with van der Waals surface area (Å²) in [6.07, 6.45) is 0.319. The van der Waals surface area contributed by atoms with E-state index in [1.54, 1.807) is 0 Å². The van der Waals surface area contributed by atoms with Gasteiger partial charge in [0.2, 0.25) is 0 Å². The number of likely N-dealkylation sites (tertiary alicyclic amines) is 1. The number of aliphatic imine (C=N–C) groups is 1. The lowest BCUT2D eigenvalue weighted by atomic mass is 9.93. The maximum absolute atomic E-state index is 12.5. The van der Waals surface area contributed by atoms with E-state index in [9.17, 15) is 13.2 Å². The molecule has 2 N–H and O–H groups in total. The summed E-state index contributed by atoms with van der Waals surface area (Å²) in [5, 5.41) is 14.8. The highest BCUT2D eigenvalue weighted by atomic mass is 127. The fourth-order valence-corrected chi connectivity index (χ4v) is 3.57. The highest BCUT2D eigenvalue weighted by molar-refractivity contribution is 14.0. The highest BCUT2D eigenvalue weighted by Crippen LogP contribution is 2.23. The van der Waals surface area contributed by atoms with E-state index in [0.29, 0.717) is 31.5 Å². The first-order valence-electron chi connectivity index (χ1n) is 10.0. The summed E-state index contributed by atoms with van der Waals surface area (Å²) in [6.45, 7) is 4.10. The van der Waals surface area contributed by atoms with Crippen molar-refractivity contribution in [1.82, 2.24) is 30.1 Å². The fourth-order valence-electron chi connectivity index (χ4n) is 3.57. The Morgan fingerprint density at radius 3 is 2.67 bits per heavy atom. The van der Waals surface area contributed by atoms with Crippen molar-refractivity contribution in [2.45, 2.75) is 38.9 Å². The topological polar surface area (TPSA) is 69.8 Å². The van der Waals surface area contributed by atoms with Gasteiger partial charge < -0.3 is 10.6 Å². The first-order chi connectivity index (χ1) is 13.9. The standard InChI is InChI=1S/C19H28F3N7.HI/c1-2-23-18(25-13-17-27-26-16-5-3-4-10-29(16)17)24-9-6-15-7-11-28(12-8-15)14-19(20,21)22;/h3-5,10,15H,2,6-9,11-14H2,1H3,(H2,23,24,25);1H. The first-order valence-corrected chi connectivity index (χ1v) is 10.0. The second kappa shape index (κ2) is 11.7. The van der Waals surface area contributed by atoms with Gasteiger partial charge in [-0.05, 0) is 57.3 Å². The molecule has 0 radical (unpaired) electrons. The van der Waals surface area contributed by atoms with Gasteiger partial charge in [0.25, 0.3) is 0 Å². The van der Waals surface area contributed by atoms with Gasteiger partial charge in [0.15, 0.2) is 17.4 Å². The Hall–Kier alpha value is -1.63. The number of alkyl halides is 3. The SMILES string of the molecule is CCNC(=NCc1nnc2ccccn12)NCCC1CCN(CC(F)(F)F)CC1.I. The molecule has 30 heavy (non-hydrogen) atoms. The number of nitrogens with one attached hydrogen (secondary N) is 2. The Balaban J connectivity index is 0.00000320. The molecular formula is C19H29F3IN7. The van der Waals surface area contributed by atoms with E-state index >= 15 is 0 Å². The van der Waals surface area contributed by atoms with Gasteiger partial charge in [-0.1, -0.05) is 6.07 Å². The number of hydrogen-bond acceptors (Lipinski definition) is 4. The van der Waals surface area contributed by atoms with Crippen LogP contribution in [0.15, 0.2) is 29.4 Å². The van der Waals surface area contributed by atoms with Gasteiger partial charge in [0.05, 0.1) is 6.54 Å². The van der Waals surface area contributed by atoms with Crippen molar-refractivity contribution in [3.8, 4) is 0 Å². The number of nitrogens with zero attached hydrogens (tertiary/aromatic N) is 5. The van der Waals surface area contributed by atoms with E-state index in [-0.39, 0.29) is 24.0 Å². The molecule has 0 aromatic carbocycles. The van der Waals surface area contributed by atoms with Crippen LogP contribution >= 0.6 is 24.0 Å². The third-order valence-corrected chi connectivity index (χ3v) is 5.06. The Morgan fingerprint density at radius 1 is 1.20 bits per heavy atom. The Bertz CT molecular complexity index is 801. The zero-order valence-electron chi connectivity index (χ0n) is 17.0. The summed E-state index contributed by atoms with van der Waals surface area (Å²) in [4.78, 5) is 6.08. The van der Waals surface area contributed by atoms with Gasteiger partial charge in [-0.3, -0.25) is 9.30 Å². The summed E-state index contributed by atoms with van der Waals surface area (Å²) in [6, 6.07) is 5.73. The normalized spacial score (nSPS) is 16.5. The van der Waals surface area contributed by atoms with E-state index < -0.39 is 12.7 Å². The zero-order chi connectivity index (χ0) is 20.7. The molecule has 0 amide bonds. The lowest BCUT2D eigenvalue weighted by molar-refractivity contribution is -0.148. The van der Waals surface area contributed by atoms with Gasteiger partial charge in [0, 0.05) is 19.3 Å². The molecule has 0 unspecified atom stereocenters. The molecule has 2 aromatic rings. The third-order valence-electron chi connectivity index (χ3n) is 5.06. The second-order valence-corrected chi connectivity index (χ2v) is 7.29.